The van der Waals surface area contributed by atoms with Crippen molar-refractivity contribution in [1.82, 2.24) is 0 Å². The molecule has 1 saturated heterocycles. The zero-order valence-corrected chi connectivity index (χ0v) is 19.2. The van der Waals surface area contributed by atoms with Gasteiger partial charge in [0.2, 0.25) is 0 Å². The van der Waals surface area contributed by atoms with Gasteiger partial charge in [0.1, 0.15) is 17.4 Å². The normalized spacial score (nSPS) is 20.8. The number of fused-ring (bicyclic) bond motifs is 1. The highest BCUT2D eigenvalue weighted by Crippen LogP contribution is 2.47. The molecule has 0 bridgehead atoms. The Labute approximate surface area is 204 Å². The number of rotatable bonds is 3. The SMILES string of the molecule is N#Cc1ccc(N2C(=O)C3(CCCC3)N(c3ccc4c(c3)C=CC(CO)O4)C2=S)cc1C(F)(F)F. The quantitative estimate of drug-likeness (QED) is 0.612. The van der Waals surface area contributed by atoms with Crippen molar-refractivity contribution in [2.45, 2.75) is 43.5 Å². The number of nitriles is 1. The highest BCUT2D eigenvalue weighted by molar-refractivity contribution is 7.81. The molecular weight excluding hydrogens is 479 g/mol. The van der Waals surface area contributed by atoms with Gasteiger partial charge in [0.05, 0.1) is 29.5 Å². The van der Waals surface area contributed by atoms with Gasteiger partial charge in [-0.05, 0) is 67.5 Å². The van der Waals surface area contributed by atoms with Gasteiger partial charge in [-0.15, -0.1) is 0 Å². The van der Waals surface area contributed by atoms with Crippen molar-refractivity contribution in [3.8, 4) is 11.8 Å². The lowest BCUT2D eigenvalue weighted by Crippen LogP contribution is -2.47. The minimum atomic E-state index is -4.76. The fourth-order valence-corrected chi connectivity index (χ4v) is 5.55. The van der Waals surface area contributed by atoms with Gasteiger partial charge >= 0.3 is 6.18 Å². The molecule has 2 fully saturated rings. The Morgan fingerprint density at radius 2 is 1.89 bits per heavy atom. The number of benzene rings is 2. The first kappa shape index (κ1) is 23.3. The molecule has 1 aliphatic carbocycles. The summed E-state index contributed by atoms with van der Waals surface area (Å²) in [5.74, 6) is 0.202. The number of thiocarbonyl (C=S) groups is 1. The van der Waals surface area contributed by atoms with Crippen LogP contribution in [0.25, 0.3) is 6.08 Å². The molecule has 180 valence electrons. The number of aliphatic hydroxyl groups is 1. The van der Waals surface area contributed by atoms with Crippen molar-refractivity contribution in [1.29, 1.82) is 5.26 Å². The van der Waals surface area contributed by atoms with Crippen LogP contribution in [0.5, 0.6) is 5.75 Å². The minimum absolute atomic E-state index is 0.0212. The van der Waals surface area contributed by atoms with E-state index in [9.17, 15) is 23.1 Å². The molecule has 1 unspecified atom stereocenters. The Hall–Kier alpha value is -3.42. The van der Waals surface area contributed by atoms with Crippen molar-refractivity contribution in [2.75, 3.05) is 16.4 Å². The van der Waals surface area contributed by atoms with E-state index in [4.69, 9.17) is 22.2 Å². The van der Waals surface area contributed by atoms with E-state index >= 15 is 0 Å². The van der Waals surface area contributed by atoms with Gasteiger partial charge in [0.25, 0.3) is 5.91 Å². The number of nitrogens with zero attached hydrogens (tertiary/aromatic N) is 3. The summed E-state index contributed by atoms with van der Waals surface area (Å²) >= 11 is 5.70. The summed E-state index contributed by atoms with van der Waals surface area (Å²) in [7, 11) is 0. The van der Waals surface area contributed by atoms with Crippen LogP contribution >= 0.6 is 12.2 Å². The van der Waals surface area contributed by atoms with E-state index in [0.29, 0.717) is 24.3 Å². The maximum atomic E-state index is 13.8. The summed E-state index contributed by atoms with van der Waals surface area (Å²) in [6.07, 6.45) is 0.943. The zero-order valence-electron chi connectivity index (χ0n) is 18.4. The van der Waals surface area contributed by atoms with Gasteiger partial charge in [-0.3, -0.25) is 9.69 Å². The van der Waals surface area contributed by atoms with Gasteiger partial charge in [0.15, 0.2) is 5.11 Å². The number of amides is 1. The third-order valence-electron chi connectivity index (χ3n) is 6.73. The first-order chi connectivity index (χ1) is 16.7. The molecule has 1 saturated carbocycles. The predicted octanol–water partition coefficient (Wildman–Crippen LogP) is 4.79. The molecule has 2 aromatic rings. The second-order valence-electron chi connectivity index (χ2n) is 8.76. The monoisotopic (exact) mass is 499 g/mol. The van der Waals surface area contributed by atoms with Crippen LogP contribution in [0, 0.1) is 11.3 Å². The molecule has 2 aliphatic heterocycles. The van der Waals surface area contributed by atoms with Crippen LogP contribution in [0.2, 0.25) is 0 Å². The van der Waals surface area contributed by atoms with Crippen molar-refractivity contribution in [3.05, 3.63) is 59.2 Å². The Balaban J connectivity index is 1.59. The molecule has 1 atom stereocenters. The van der Waals surface area contributed by atoms with Crippen molar-refractivity contribution < 1.29 is 27.8 Å². The van der Waals surface area contributed by atoms with Crippen LogP contribution in [-0.2, 0) is 11.0 Å². The maximum absolute atomic E-state index is 13.8. The number of hydrogen-bond donors (Lipinski definition) is 1. The van der Waals surface area contributed by atoms with E-state index in [1.54, 1.807) is 29.2 Å². The van der Waals surface area contributed by atoms with Gasteiger partial charge in [-0.1, -0.05) is 18.9 Å². The van der Waals surface area contributed by atoms with Gasteiger partial charge in [-0.2, -0.15) is 18.4 Å². The summed E-state index contributed by atoms with van der Waals surface area (Å²) in [5.41, 5.74) is -1.27. The van der Waals surface area contributed by atoms with E-state index in [2.05, 4.69) is 0 Å². The van der Waals surface area contributed by atoms with Gasteiger partial charge < -0.3 is 14.7 Å². The average molecular weight is 500 g/mol. The van der Waals surface area contributed by atoms with Gasteiger partial charge in [-0.25, -0.2) is 0 Å². The maximum Gasteiger partial charge on any atom is 0.417 e. The summed E-state index contributed by atoms with van der Waals surface area (Å²) in [4.78, 5) is 16.7. The molecule has 2 heterocycles. The molecule has 3 aliphatic rings. The third kappa shape index (κ3) is 3.66. The van der Waals surface area contributed by atoms with E-state index in [-0.39, 0.29) is 23.3 Å². The molecule has 1 spiro atoms. The number of carbonyl (C=O) groups excluding carboxylic acids is 1. The predicted molar refractivity (Wildman–Crippen MR) is 127 cm³/mol. The second-order valence-corrected chi connectivity index (χ2v) is 9.12. The molecule has 35 heavy (non-hydrogen) atoms. The highest BCUT2D eigenvalue weighted by Gasteiger charge is 2.57. The largest absolute Gasteiger partial charge is 0.483 e. The lowest BCUT2D eigenvalue weighted by atomic mass is 9.94. The minimum Gasteiger partial charge on any atom is -0.483 e. The number of hydrogen-bond acceptors (Lipinski definition) is 5. The number of aliphatic hydroxyl groups excluding tert-OH is 1. The highest BCUT2D eigenvalue weighted by atomic mass is 32.1. The molecule has 6 nitrogen and oxygen atoms in total. The summed E-state index contributed by atoms with van der Waals surface area (Å²) < 4.78 is 46.6. The number of alkyl halides is 3. The first-order valence-corrected chi connectivity index (χ1v) is 11.5. The number of ether oxygens (including phenoxy) is 1. The third-order valence-corrected chi connectivity index (χ3v) is 7.10. The van der Waals surface area contributed by atoms with Crippen molar-refractivity contribution in [3.63, 3.8) is 0 Å². The Morgan fingerprint density at radius 3 is 2.54 bits per heavy atom. The lowest BCUT2D eigenvalue weighted by molar-refractivity contribution is -0.137. The summed E-state index contributed by atoms with van der Waals surface area (Å²) in [6.45, 7) is -0.162. The van der Waals surface area contributed by atoms with Crippen molar-refractivity contribution in [2.24, 2.45) is 0 Å². The fourth-order valence-electron chi connectivity index (χ4n) is 5.08. The lowest BCUT2D eigenvalue weighted by Gasteiger charge is -2.33. The topological polar surface area (TPSA) is 76.8 Å². The number of anilines is 2. The summed E-state index contributed by atoms with van der Waals surface area (Å²) in [6, 6.07) is 10.1. The second kappa shape index (κ2) is 8.36. The molecule has 5 rings (SSSR count). The Kier molecular flexibility index (Phi) is 5.57. The molecule has 1 amide bonds. The first-order valence-electron chi connectivity index (χ1n) is 11.1. The number of halogens is 3. The van der Waals surface area contributed by atoms with Crippen LogP contribution in [0.3, 0.4) is 0 Å². The van der Waals surface area contributed by atoms with Crippen LogP contribution in [0.15, 0.2) is 42.5 Å². The number of carbonyl (C=O) groups is 1. The van der Waals surface area contributed by atoms with Crippen molar-refractivity contribution >= 4 is 40.7 Å². The molecule has 1 N–H and O–H groups in total. The van der Waals surface area contributed by atoms with Crippen LogP contribution in [-0.4, -0.2) is 34.4 Å². The smallest absolute Gasteiger partial charge is 0.417 e. The van der Waals surface area contributed by atoms with Crippen LogP contribution in [0.1, 0.15) is 42.4 Å². The van der Waals surface area contributed by atoms with Gasteiger partial charge in [0, 0.05) is 11.3 Å². The molecule has 10 heteroatoms. The van der Waals surface area contributed by atoms with Crippen LogP contribution in [0.4, 0.5) is 24.5 Å². The standard InChI is InChI=1S/C25H20F3N3O3S/c26-25(27,28)20-12-17(5-3-16(20)13-29)30-22(33)24(9-1-2-10-24)31(23(30)35)18-6-8-21-15(11-18)4-7-19(14-32)34-21/h3-8,11-12,19,32H,1-2,9-10,14H2. The molecule has 0 aromatic heterocycles. The van der Waals surface area contributed by atoms with E-state index in [1.807, 2.05) is 12.1 Å². The zero-order chi connectivity index (χ0) is 25.0. The summed E-state index contributed by atoms with van der Waals surface area (Å²) in [5, 5.41) is 18.6. The average Bonchev–Trinajstić information content (AvgIpc) is 3.41. The van der Waals surface area contributed by atoms with E-state index in [1.165, 1.54) is 6.07 Å². The molecule has 2 aromatic carbocycles. The Morgan fingerprint density at radius 1 is 1.17 bits per heavy atom. The van der Waals surface area contributed by atoms with Crippen LogP contribution < -0.4 is 14.5 Å². The molecular formula is C25H20F3N3O3S. The van der Waals surface area contributed by atoms with E-state index in [0.717, 1.165) is 35.4 Å². The molecule has 0 radical (unpaired) electrons. The van der Waals surface area contributed by atoms with E-state index < -0.39 is 28.9 Å². The fraction of sp³-hybridized carbons (Fsp3) is 0.320. The Bertz CT molecular complexity index is 1300.